The predicted octanol–water partition coefficient (Wildman–Crippen LogP) is 5.14. The molecule has 0 spiro atoms. The van der Waals surface area contributed by atoms with E-state index < -0.39 is 0 Å². The minimum Gasteiger partial charge on any atom is -0.385 e. The molecule has 1 saturated heterocycles. The fourth-order valence-electron chi connectivity index (χ4n) is 5.84. The van der Waals surface area contributed by atoms with Crippen LogP contribution in [0, 0.1) is 5.92 Å². The molecule has 6 heteroatoms. The Labute approximate surface area is 219 Å². The van der Waals surface area contributed by atoms with Gasteiger partial charge in [0.15, 0.2) is 0 Å². The van der Waals surface area contributed by atoms with Gasteiger partial charge in [0, 0.05) is 51.7 Å². The third kappa shape index (κ3) is 5.86. The van der Waals surface area contributed by atoms with Gasteiger partial charge in [-0.15, -0.1) is 0 Å². The van der Waals surface area contributed by atoms with Crippen molar-refractivity contribution in [3.05, 3.63) is 78.1 Å². The molecule has 2 heterocycles. The van der Waals surface area contributed by atoms with Gasteiger partial charge in [0.1, 0.15) is 5.82 Å². The molecule has 2 N–H and O–H groups in total. The summed E-state index contributed by atoms with van der Waals surface area (Å²) in [7, 11) is 1.74. The number of carbonyl (C=O) groups is 1. The molecule has 1 aromatic heterocycles. The second kappa shape index (κ2) is 11.4. The highest BCUT2D eigenvalue weighted by Crippen LogP contribution is 2.32. The molecule has 4 aromatic rings. The van der Waals surface area contributed by atoms with Gasteiger partial charge in [-0.1, -0.05) is 61.5 Å². The number of amides is 1. The zero-order chi connectivity index (χ0) is 25.8. The second-order valence-electron chi connectivity index (χ2n) is 10.6. The Hall–Kier alpha value is -3.22. The molecule has 3 atom stereocenters. The normalized spacial score (nSPS) is 18.9. The standard InChI is InChI=1S/C31H38N4O2/c1-22-16-26(31-33-28-10-5-6-11-29(28)35(31)14-7-15-37-2)21-34(20-22)30(36)19-27(32)18-23-12-13-24-8-3-4-9-25(24)17-23/h3-6,8-13,17,22,26-27H,7,14-16,18-21,32H2,1-2H3. The van der Waals surface area contributed by atoms with Gasteiger partial charge in [-0.2, -0.15) is 0 Å². The van der Waals surface area contributed by atoms with Gasteiger partial charge < -0.3 is 19.9 Å². The first kappa shape index (κ1) is 25.4. The summed E-state index contributed by atoms with van der Waals surface area (Å²) in [6, 6.07) is 22.9. The van der Waals surface area contributed by atoms with Crippen LogP contribution in [0.4, 0.5) is 0 Å². The van der Waals surface area contributed by atoms with Crippen molar-refractivity contribution in [2.75, 3.05) is 26.8 Å². The van der Waals surface area contributed by atoms with Crippen LogP contribution in [0.3, 0.4) is 0 Å². The van der Waals surface area contributed by atoms with E-state index in [9.17, 15) is 4.79 Å². The Morgan fingerprint density at radius 3 is 2.70 bits per heavy atom. The van der Waals surface area contributed by atoms with Crippen LogP contribution in [-0.2, 0) is 22.5 Å². The van der Waals surface area contributed by atoms with Crippen LogP contribution in [-0.4, -0.2) is 53.2 Å². The Kier molecular flexibility index (Phi) is 7.87. The lowest BCUT2D eigenvalue weighted by Crippen LogP contribution is -2.45. The SMILES string of the molecule is COCCCn1c(C2CC(C)CN(C(=O)CC(N)Cc3ccc4ccccc4c3)C2)nc2ccccc21. The average molecular weight is 499 g/mol. The number of aryl methyl sites for hydroxylation is 1. The summed E-state index contributed by atoms with van der Waals surface area (Å²) in [4.78, 5) is 20.5. The van der Waals surface area contributed by atoms with Crippen molar-refractivity contribution in [2.24, 2.45) is 11.7 Å². The number of likely N-dealkylation sites (tertiary alicyclic amines) is 1. The largest absolute Gasteiger partial charge is 0.385 e. The van der Waals surface area contributed by atoms with Crippen LogP contribution >= 0.6 is 0 Å². The molecule has 1 aliphatic rings. The molecule has 0 radical (unpaired) electrons. The van der Waals surface area contributed by atoms with Crippen molar-refractivity contribution >= 4 is 27.7 Å². The molecule has 0 aliphatic carbocycles. The number of piperidine rings is 1. The number of ether oxygens (including phenoxy) is 1. The molecule has 194 valence electrons. The van der Waals surface area contributed by atoms with Crippen LogP contribution in [0.25, 0.3) is 21.8 Å². The van der Waals surface area contributed by atoms with Crippen LogP contribution in [0.5, 0.6) is 0 Å². The lowest BCUT2D eigenvalue weighted by Gasteiger charge is -2.37. The molecule has 3 aromatic carbocycles. The van der Waals surface area contributed by atoms with E-state index in [0.717, 1.165) is 42.8 Å². The number of nitrogens with two attached hydrogens (primary N) is 1. The molecular formula is C31H38N4O2. The van der Waals surface area contributed by atoms with Gasteiger partial charge in [0.05, 0.1) is 11.0 Å². The molecule has 1 aliphatic heterocycles. The zero-order valence-corrected chi connectivity index (χ0v) is 22.0. The Bertz CT molecular complexity index is 1360. The lowest BCUT2D eigenvalue weighted by molar-refractivity contribution is -0.133. The van der Waals surface area contributed by atoms with Crippen LogP contribution < -0.4 is 5.73 Å². The maximum Gasteiger partial charge on any atom is 0.224 e. The van der Waals surface area contributed by atoms with Crippen LogP contribution in [0.15, 0.2) is 66.7 Å². The number of hydrogen-bond acceptors (Lipinski definition) is 4. The molecule has 5 rings (SSSR count). The van der Waals surface area contributed by atoms with E-state index in [4.69, 9.17) is 15.5 Å². The summed E-state index contributed by atoms with van der Waals surface area (Å²) >= 11 is 0. The minimum atomic E-state index is -0.206. The first-order valence-corrected chi connectivity index (χ1v) is 13.5. The van der Waals surface area contributed by atoms with Gasteiger partial charge in [-0.3, -0.25) is 4.79 Å². The quantitative estimate of drug-likeness (QED) is 0.324. The van der Waals surface area contributed by atoms with Gasteiger partial charge in [0.25, 0.3) is 0 Å². The second-order valence-corrected chi connectivity index (χ2v) is 10.6. The van der Waals surface area contributed by atoms with Crippen molar-refractivity contribution in [3.63, 3.8) is 0 Å². The molecule has 1 amide bonds. The van der Waals surface area contributed by atoms with E-state index in [0.29, 0.717) is 31.9 Å². The highest BCUT2D eigenvalue weighted by molar-refractivity contribution is 5.83. The topological polar surface area (TPSA) is 73.4 Å². The minimum absolute atomic E-state index is 0.145. The van der Waals surface area contributed by atoms with E-state index in [-0.39, 0.29) is 17.9 Å². The molecular weight excluding hydrogens is 460 g/mol. The Morgan fingerprint density at radius 1 is 1.08 bits per heavy atom. The molecule has 6 nitrogen and oxygen atoms in total. The smallest absolute Gasteiger partial charge is 0.224 e. The number of aromatic nitrogens is 2. The number of benzene rings is 3. The van der Waals surface area contributed by atoms with E-state index >= 15 is 0 Å². The van der Waals surface area contributed by atoms with Gasteiger partial charge in [-0.25, -0.2) is 4.98 Å². The number of para-hydroxylation sites is 2. The van der Waals surface area contributed by atoms with Crippen molar-refractivity contribution in [2.45, 2.75) is 51.1 Å². The number of rotatable bonds is 9. The third-order valence-corrected chi connectivity index (χ3v) is 7.54. The highest BCUT2D eigenvalue weighted by Gasteiger charge is 2.32. The van der Waals surface area contributed by atoms with Crippen LogP contribution in [0.2, 0.25) is 0 Å². The molecule has 37 heavy (non-hydrogen) atoms. The van der Waals surface area contributed by atoms with Gasteiger partial charge in [-0.05, 0) is 53.6 Å². The fraction of sp³-hybridized carbons (Fsp3) is 0.419. The summed E-state index contributed by atoms with van der Waals surface area (Å²) < 4.78 is 7.64. The van der Waals surface area contributed by atoms with E-state index in [1.165, 1.54) is 16.3 Å². The molecule has 0 bridgehead atoms. The van der Waals surface area contributed by atoms with Crippen molar-refractivity contribution in [1.29, 1.82) is 0 Å². The summed E-state index contributed by atoms with van der Waals surface area (Å²) in [6.45, 7) is 5.28. The summed E-state index contributed by atoms with van der Waals surface area (Å²) in [5.41, 5.74) is 9.85. The van der Waals surface area contributed by atoms with Crippen molar-refractivity contribution < 1.29 is 9.53 Å². The van der Waals surface area contributed by atoms with Crippen molar-refractivity contribution in [1.82, 2.24) is 14.5 Å². The number of methoxy groups -OCH3 is 1. The Morgan fingerprint density at radius 2 is 1.86 bits per heavy atom. The molecule has 0 saturated carbocycles. The zero-order valence-electron chi connectivity index (χ0n) is 22.0. The van der Waals surface area contributed by atoms with Crippen LogP contribution in [0.1, 0.15) is 43.5 Å². The van der Waals surface area contributed by atoms with E-state index in [1.807, 2.05) is 17.0 Å². The first-order chi connectivity index (χ1) is 18.0. The summed E-state index contributed by atoms with van der Waals surface area (Å²) in [6.07, 6.45) is 3.01. The maximum atomic E-state index is 13.4. The van der Waals surface area contributed by atoms with E-state index in [1.54, 1.807) is 7.11 Å². The first-order valence-electron chi connectivity index (χ1n) is 13.5. The predicted molar refractivity (Wildman–Crippen MR) is 150 cm³/mol. The number of hydrogen-bond donors (Lipinski definition) is 1. The Balaban J connectivity index is 1.28. The molecule has 3 unspecified atom stereocenters. The summed E-state index contributed by atoms with van der Waals surface area (Å²) in [5, 5.41) is 2.43. The highest BCUT2D eigenvalue weighted by atomic mass is 16.5. The van der Waals surface area contributed by atoms with E-state index in [2.05, 4.69) is 66.1 Å². The van der Waals surface area contributed by atoms with Gasteiger partial charge >= 0.3 is 0 Å². The number of fused-ring (bicyclic) bond motifs is 2. The van der Waals surface area contributed by atoms with Crippen molar-refractivity contribution in [3.8, 4) is 0 Å². The fourth-order valence-corrected chi connectivity index (χ4v) is 5.84. The lowest BCUT2D eigenvalue weighted by atomic mass is 9.89. The number of imidazole rings is 1. The average Bonchev–Trinajstić information content (AvgIpc) is 3.27. The number of nitrogens with zero attached hydrogens (tertiary/aromatic N) is 3. The molecule has 1 fully saturated rings. The van der Waals surface area contributed by atoms with Gasteiger partial charge in [0.2, 0.25) is 5.91 Å². The maximum absolute atomic E-state index is 13.4. The summed E-state index contributed by atoms with van der Waals surface area (Å²) in [5.74, 6) is 1.85. The number of carbonyl (C=O) groups excluding carboxylic acids is 1. The third-order valence-electron chi connectivity index (χ3n) is 7.54. The monoisotopic (exact) mass is 498 g/mol.